The van der Waals surface area contributed by atoms with E-state index in [4.69, 9.17) is 0 Å². The number of nitrogens with one attached hydrogen (secondary N) is 1. The molecule has 0 spiro atoms. The van der Waals surface area contributed by atoms with Crippen LogP contribution in [0.25, 0.3) is 0 Å². The molecule has 0 bridgehead atoms. The predicted molar refractivity (Wildman–Crippen MR) is 97.0 cm³/mol. The summed E-state index contributed by atoms with van der Waals surface area (Å²) in [5.41, 5.74) is 1.91. The summed E-state index contributed by atoms with van der Waals surface area (Å²) in [6.07, 6.45) is 6.12. The van der Waals surface area contributed by atoms with E-state index in [2.05, 4.69) is 10.2 Å². The molecule has 1 saturated heterocycles. The quantitative estimate of drug-likeness (QED) is 0.902. The van der Waals surface area contributed by atoms with Gasteiger partial charge in [0.05, 0.1) is 13.1 Å². The fraction of sp³-hybridized carbons (Fsp3) is 0.579. The number of aryl methyl sites for hydroxylation is 1. The maximum Gasteiger partial charge on any atom is 0.243 e. The fourth-order valence-corrected chi connectivity index (χ4v) is 2.92. The van der Waals surface area contributed by atoms with Crippen LogP contribution in [0.4, 0.5) is 5.69 Å². The highest BCUT2D eigenvalue weighted by atomic mass is 16.2. The second-order valence-corrected chi connectivity index (χ2v) is 6.71. The maximum atomic E-state index is 12.3. The zero-order chi connectivity index (χ0) is 17.4. The second-order valence-electron chi connectivity index (χ2n) is 6.71. The number of rotatable bonds is 5. The van der Waals surface area contributed by atoms with Crippen molar-refractivity contribution in [2.75, 3.05) is 38.5 Å². The number of likely N-dealkylation sites (tertiary alicyclic amines) is 1. The first-order valence-corrected chi connectivity index (χ1v) is 8.87. The standard InChI is InChI=1S/C19H29N3O2/c1-16-8-10-17(11-9-16)20-18(23)14-21(2)19(24)15-22-12-6-4-3-5-7-13-22/h8-11H,3-7,12-15H2,1-2H3,(H,20,23). The lowest BCUT2D eigenvalue weighted by molar-refractivity contribution is -0.134. The van der Waals surface area contributed by atoms with Crippen LogP contribution < -0.4 is 5.32 Å². The number of nitrogens with zero attached hydrogens (tertiary/aromatic N) is 2. The predicted octanol–water partition coefficient (Wildman–Crippen LogP) is 2.66. The van der Waals surface area contributed by atoms with E-state index < -0.39 is 0 Å². The van der Waals surface area contributed by atoms with Gasteiger partial charge in [-0.15, -0.1) is 0 Å². The summed E-state index contributed by atoms with van der Waals surface area (Å²) >= 11 is 0. The number of likely N-dealkylation sites (N-methyl/N-ethyl adjacent to an activating group) is 1. The Hall–Kier alpha value is -1.88. The van der Waals surface area contributed by atoms with Crippen molar-refractivity contribution < 1.29 is 9.59 Å². The van der Waals surface area contributed by atoms with Crippen molar-refractivity contribution >= 4 is 17.5 Å². The van der Waals surface area contributed by atoms with Crippen molar-refractivity contribution in [3.8, 4) is 0 Å². The van der Waals surface area contributed by atoms with Crippen LogP contribution in [-0.4, -0.2) is 54.8 Å². The molecule has 0 atom stereocenters. The Balaban J connectivity index is 1.77. The van der Waals surface area contributed by atoms with Crippen LogP contribution in [0.2, 0.25) is 0 Å². The number of hydrogen-bond acceptors (Lipinski definition) is 3. The molecule has 132 valence electrons. The molecular formula is C19H29N3O2. The van der Waals surface area contributed by atoms with Crippen molar-refractivity contribution in [1.29, 1.82) is 0 Å². The van der Waals surface area contributed by atoms with E-state index in [1.54, 1.807) is 7.05 Å². The van der Waals surface area contributed by atoms with Crippen molar-refractivity contribution in [3.63, 3.8) is 0 Å². The van der Waals surface area contributed by atoms with E-state index in [0.29, 0.717) is 6.54 Å². The molecule has 0 radical (unpaired) electrons. The summed E-state index contributed by atoms with van der Waals surface area (Å²) in [7, 11) is 1.70. The van der Waals surface area contributed by atoms with Crippen LogP contribution >= 0.6 is 0 Å². The molecule has 1 heterocycles. The molecule has 2 rings (SSSR count). The average Bonchev–Trinajstić information content (AvgIpc) is 2.51. The molecule has 1 aliphatic heterocycles. The third-order valence-corrected chi connectivity index (χ3v) is 4.45. The van der Waals surface area contributed by atoms with Gasteiger partial charge in [-0.2, -0.15) is 0 Å². The fourth-order valence-electron chi connectivity index (χ4n) is 2.92. The largest absolute Gasteiger partial charge is 0.335 e. The van der Waals surface area contributed by atoms with Gasteiger partial charge >= 0.3 is 0 Å². The molecule has 24 heavy (non-hydrogen) atoms. The number of hydrogen-bond donors (Lipinski definition) is 1. The minimum atomic E-state index is -0.164. The molecule has 0 unspecified atom stereocenters. The van der Waals surface area contributed by atoms with E-state index in [1.165, 1.54) is 24.2 Å². The lowest BCUT2D eigenvalue weighted by Crippen LogP contribution is -2.42. The molecule has 0 aliphatic carbocycles. The third-order valence-electron chi connectivity index (χ3n) is 4.45. The number of carbonyl (C=O) groups excluding carboxylic acids is 2. The highest BCUT2D eigenvalue weighted by molar-refractivity contribution is 5.94. The molecule has 1 aliphatic rings. The smallest absolute Gasteiger partial charge is 0.243 e. The van der Waals surface area contributed by atoms with Crippen molar-refractivity contribution in [2.45, 2.75) is 39.0 Å². The zero-order valence-electron chi connectivity index (χ0n) is 14.9. The minimum Gasteiger partial charge on any atom is -0.335 e. The van der Waals surface area contributed by atoms with Crippen LogP contribution in [0, 0.1) is 6.92 Å². The van der Waals surface area contributed by atoms with Gasteiger partial charge in [-0.3, -0.25) is 14.5 Å². The highest BCUT2D eigenvalue weighted by Gasteiger charge is 2.17. The Bertz CT molecular complexity index is 534. The van der Waals surface area contributed by atoms with E-state index in [9.17, 15) is 9.59 Å². The van der Waals surface area contributed by atoms with Gasteiger partial charge in [0.2, 0.25) is 11.8 Å². The summed E-state index contributed by atoms with van der Waals surface area (Å²) in [5.74, 6) is -0.156. The van der Waals surface area contributed by atoms with Crippen LogP contribution in [-0.2, 0) is 9.59 Å². The monoisotopic (exact) mass is 331 g/mol. The van der Waals surface area contributed by atoms with Crippen LogP contribution in [0.5, 0.6) is 0 Å². The molecule has 1 aromatic carbocycles. The lowest BCUT2D eigenvalue weighted by Gasteiger charge is -2.26. The van der Waals surface area contributed by atoms with Gasteiger partial charge in [0.1, 0.15) is 0 Å². The second kappa shape index (κ2) is 9.42. The first-order valence-electron chi connectivity index (χ1n) is 8.87. The highest BCUT2D eigenvalue weighted by Crippen LogP contribution is 2.11. The number of amides is 2. The summed E-state index contributed by atoms with van der Waals surface area (Å²) in [4.78, 5) is 28.2. The maximum absolute atomic E-state index is 12.3. The molecule has 2 amide bonds. The molecule has 1 N–H and O–H groups in total. The van der Waals surface area contributed by atoms with Gasteiger partial charge in [-0.25, -0.2) is 0 Å². The van der Waals surface area contributed by atoms with Gasteiger partial charge in [0, 0.05) is 12.7 Å². The lowest BCUT2D eigenvalue weighted by atomic mass is 10.1. The third kappa shape index (κ3) is 6.32. The van der Waals surface area contributed by atoms with Crippen LogP contribution in [0.15, 0.2) is 24.3 Å². The topological polar surface area (TPSA) is 52.7 Å². The van der Waals surface area contributed by atoms with Gasteiger partial charge < -0.3 is 10.2 Å². The van der Waals surface area contributed by atoms with Crippen molar-refractivity contribution in [3.05, 3.63) is 29.8 Å². The summed E-state index contributed by atoms with van der Waals surface area (Å²) in [6, 6.07) is 7.64. The number of benzene rings is 1. The first kappa shape index (κ1) is 18.5. The summed E-state index contributed by atoms with van der Waals surface area (Å²) < 4.78 is 0. The SMILES string of the molecule is Cc1ccc(NC(=O)CN(C)C(=O)CN2CCCCCCC2)cc1. The zero-order valence-corrected chi connectivity index (χ0v) is 14.9. The van der Waals surface area contributed by atoms with Crippen LogP contribution in [0.1, 0.15) is 37.7 Å². The van der Waals surface area contributed by atoms with Gasteiger partial charge in [-0.1, -0.05) is 37.0 Å². The Morgan fingerprint density at radius 2 is 1.62 bits per heavy atom. The Kier molecular flexibility index (Phi) is 7.25. The van der Waals surface area contributed by atoms with E-state index in [0.717, 1.165) is 37.2 Å². The van der Waals surface area contributed by atoms with Crippen molar-refractivity contribution in [1.82, 2.24) is 9.80 Å². The Labute approximate surface area is 145 Å². The Morgan fingerprint density at radius 3 is 2.25 bits per heavy atom. The Morgan fingerprint density at radius 1 is 1.04 bits per heavy atom. The van der Waals surface area contributed by atoms with Gasteiger partial charge in [0.25, 0.3) is 0 Å². The number of carbonyl (C=O) groups is 2. The number of anilines is 1. The van der Waals surface area contributed by atoms with E-state index in [1.807, 2.05) is 31.2 Å². The summed E-state index contributed by atoms with van der Waals surface area (Å²) in [6.45, 7) is 4.46. The van der Waals surface area contributed by atoms with E-state index in [-0.39, 0.29) is 18.4 Å². The average molecular weight is 331 g/mol. The minimum absolute atomic E-state index is 0.00892. The molecule has 0 aromatic heterocycles. The molecule has 5 heteroatoms. The van der Waals surface area contributed by atoms with Crippen molar-refractivity contribution in [2.24, 2.45) is 0 Å². The molecule has 1 fully saturated rings. The molecule has 0 saturated carbocycles. The summed E-state index contributed by atoms with van der Waals surface area (Å²) in [5, 5.41) is 2.83. The normalized spacial score (nSPS) is 16.1. The van der Waals surface area contributed by atoms with Gasteiger partial charge in [0.15, 0.2) is 0 Å². The first-order chi connectivity index (χ1) is 11.5. The van der Waals surface area contributed by atoms with E-state index >= 15 is 0 Å². The molecule has 5 nitrogen and oxygen atoms in total. The molecule has 1 aromatic rings. The van der Waals surface area contributed by atoms with Crippen LogP contribution in [0.3, 0.4) is 0 Å². The molecular weight excluding hydrogens is 302 g/mol. The van der Waals surface area contributed by atoms with Gasteiger partial charge in [-0.05, 0) is 45.0 Å².